The minimum absolute atomic E-state index is 0.209. The number of ether oxygens (including phenoxy) is 2. The molecule has 188 valence electrons. The van der Waals surface area contributed by atoms with Crippen LogP contribution in [0.3, 0.4) is 0 Å². The highest BCUT2D eigenvalue weighted by Crippen LogP contribution is 2.33. The summed E-state index contributed by atoms with van der Waals surface area (Å²) < 4.78 is 14.6. The van der Waals surface area contributed by atoms with Gasteiger partial charge in [0.15, 0.2) is 4.80 Å². The maximum Gasteiger partial charge on any atom is 0.338 e. The van der Waals surface area contributed by atoms with Gasteiger partial charge in [0.1, 0.15) is 18.4 Å². The quantitative estimate of drug-likeness (QED) is 0.276. The van der Waals surface area contributed by atoms with E-state index in [9.17, 15) is 9.59 Å². The van der Waals surface area contributed by atoms with E-state index in [1.54, 1.807) is 18.4 Å². The first-order valence-corrected chi connectivity index (χ1v) is 14.1. The SMILES string of the molecule is CCOC(=O)C1=C(C)N=c2s/c(=C\c3ccccc3OCc3ccc(Br)cc3)c(=O)n2[C@H]1c1cccs1. The molecule has 0 spiro atoms. The van der Waals surface area contributed by atoms with Gasteiger partial charge in [0, 0.05) is 14.9 Å². The normalized spacial score (nSPS) is 15.3. The lowest BCUT2D eigenvalue weighted by atomic mass is 10.0. The van der Waals surface area contributed by atoms with E-state index in [1.807, 2.05) is 72.1 Å². The maximum absolute atomic E-state index is 13.7. The molecule has 6 nitrogen and oxygen atoms in total. The third kappa shape index (κ3) is 5.25. The summed E-state index contributed by atoms with van der Waals surface area (Å²) in [4.78, 5) is 32.7. The molecule has 0 saturated carbocycles. The van der Waals surface area contributed by atoms with Crippen molar-refractivity contribution in [3.8, 4) is 5.75 Å². The van der Waals surface area contributed by atoms with Gasteiger partial charge in [-0.15, -0.1) is 11.3 Å². The van der Waals surface area contributed by atoms with E-state index in [0.29, 0.717) is 33.0 Å². The number of hydrogen-bond acceptors (Lipinski definition) is 7. The van der Waals surface area contributed by atoms with Crippen molar-refractivity contribution in [1.82, 2.24) is 4.57 Å². The van der Waals surface area contributed by atoms with Gasteiger partial charge in [-0.3, -0.25) is 9.36 Å². The Bertz CT molecular complexity index is 1650. The average molecular weight is 596 g/mol. The van der Waals surface area contributed by atoms with Gasteiger partial charge in [0.2, 0.25) is 0 Å². The first-order valence-electron chi connectivity index (χ1n) is 11.7. The number of carbonyl (C=O) groups is 1. The molecule has 37 heavy (non-hydrogen) atoms. The molecule has 1 aliphatic heterocycles. The number of fused-ring (bicyclic) bond motifs is 1. The van der Waals surface area contributed by atoms with E-state index in [2.05, 4.69) is 20.9 Å². The highest BCUT2D eigenvalue weighted by atomic mass is 79.9. The highest BCUT2D eigenvalue weighted by molar-refractivity contribution is 9.10. The summed E-state index contributed by atoms with van der Waals surface area (Å²) in [6, 6.07) is 18.8. The van der Waals surface area contributed by atoms with Gasteiger partial charge in [-0.2, -0.15) is 0 Å². The van der Waals surface area contributed by atoms with Crippen molar-refractivity contribution >= 4 is 50.6 Å². The van der Waals surface area contributed by atoms with Crippen LogP contribution in [-0.2, 0) is 16.1 Å². The fourth-order valence-corrected chi connectivity index (χ4v) is 6.25. The highest BCUT2D eigenvalue weighted by Gasteiger charge is 2.33. The van der Waals surface area contributed by atoms with Crippen LogP contribution in [0.1, 0.15) is 35.9 Å². The van der Waals surface area contributed by atoms with Gasteiger partial charge in [-0.1, -0.05) is 63.7 Å². The fourth-order valence-electron chi connectivity index (χ4n) is 4.12. The first-order chi connectivity index (χ1) is 18.0. The van der Waals surface area contributed by atoms with Crippen molar-refractivity contribution in [2.24, 2.45) is 4.99 Å². The second-order valence-electron chi connectivity index (χ2n) is 8.27. The zero-order valence-corrected chi connectivity index (χ0v) is 23.4. The lowest BCUT2D eigenvalue weighted by Gasteiger charge is -2.23. The van der Waals surface area contributed by atoms with Crippen LogP contribution in [0.25, 0.3) is 6.08 Å². The molecule has 3 heterocycles. The molecule has 0 amide bonds. The summed E-state index contributed by atoms with van der Waals surface area (Å²) in [5, 5.41) is 1.93. The van der Waals surface area contributed by atoms with Crippen molar-refractivity contribution < 1.29 is 14.3 Å². The Morgan fingerprint density at radius 3 is 2.65 bits per heavy atom. The summed E-state index contributed by atoms with van der Waals surface area (Å²) in [7, 11) is 0. The molecular formula is C28H23BrN2O4S2. The van der Waals surface area contributed by atoms with Crippen molar-refractivity contribution in [3.05, 3.63) is 117 Å². The number of thiazole rings is 1. The van der Waals surface area contributed by atoms with E-state index < -0.39 is 12.0 Å². The van der Waals surface area contributed by atoms with E-state index in [-0.39, 0.29) is 12.2 Å². The smallest absolute Gasteiger partial charge is 0.338 e. The van der Waals surface area contributed by atoms with Gasteiger partial charge in [-0.25, -0.2) is 9.79 Å². The number of hydrogen-bond donors (Lipinski definition) is 0. The zero-order valence-electron chi connectivity index (χ0n) is 20.1. The standard InChI is InChI=1S/C28H23BrN2O4S2/c1-3-34-27(33)24-17(2)30-28-31(25(24)22-9-6-14-36-22)26(32)23(37-28)15-19-7-4-5-8-21(19)35-16-18-10-12-20(29)13-11-18/h4-15,25H,3,16H2,1-2H3/b23-15-/t25-/m0/s1. The Labute approximate surface area is 230 Å². The number of benzene rings is 2. The molecule has 0 bridgehead atoms. The van der Waals surface area contributed by atoms with Crippen molar-refractivity contribution in [2.75, 3.05) is 6.61 Å². The summed E-state index contributed by atoms with van der Waals surface area (Å²) in [6.45, 7) is 4.20. The van der Waals surface area contributed by atoms with E-state index in [4.69, 9.17) is 9.47 Å². The molecule has 0 unspecified atom stereocenters. The topological polar surface area (TPSA) is 69.9 Å². The van der Waals surface area contributed by atoms with Crippen LogP contribution in [0.4, 0.5) is 0 Å². The summed E-state index contributed by atoms with van der Waals surface area (Å²) in [6.07, 6.45) is 1.83. The molecule has 9 heteroatoms. The van der Waals surface area contributed by atoms with Gasteiger partial charge in [0.25, 0.3) is 5.56 Å². The molecule has 1 atom stereocenters. The van der Waals surface area contributed by atoms with E-state index >= 15 is 0 Å². The Morgan fingerprint density at radius 1 is 1.14 bits per heavy atom. The molecule has 0 N–H and O–H groups in total. The Hall–Kier alpha value is -3.27. The minimum Gasteiger partial charge on any atom is -0.488 e. The van der Waals surface area contributed by atoms with Crippen LogP contribution in [-0.4, -0.2) is 17.1 Å². The predicted octanol–water partition coefficient (Wildman–Crippen LogP) is 5.20. The fraction of sp³-hybridized carbons (Fsp3) is 0.179. The van der Waals surface area contributed by atoms with Gasteiger partial charge in [-0.05, 0) is 55.1 Å². The molecule has 1 aliphatic rings. The zero-order chi connectivity index (χ0) is 25.9. The number of halogens is 1. The van der Waals surface area contributed by atoms with Crippen LogP contribution in [0.5, 0.6) is 5.75 Å². The number of esters is 1. The van der Waals surface area contributed by atoms with Gasteiger partial charge < -0.3 is 9.47 Å². The second-order valence-corrected chi connectivity index (χ2v) is 11.2. The monoisotopic (exact) mass is 594 g/mol. The summed E-state index contributed by atoms with van der Waals surface area (Å²) in [5.41, 5.74) is 2.57. The molecule has 0 radical (unpaired) electrons. The predicted molar refractivity (Wildman–Crippen MR) is 150 cm³/mol. The van der Waals surface area contributed by atoms with Crippen LogP contribution >= 0.6 is 38.6 Å². The number of thiophene rings is 1. The molecule has 0 saturated heterocycles. The third-order valence-corrected chi connectivity index (χ3v) is 8.28. The molecule has 2 aromatic heterocycles. The largest absolute Gasteiger partial charge is 0.488 e. The van der Waals surface area contributed by atoms with Crippen molar-refractivity contribution in [3.63, 3.8) is 0 Å². The van der Waals surface area contributed by atoms with Crippen LogP contribution in [0.2, 0.25) is 0 Å². The summed E-state index contributed by atoms with van der Waals surface area (Å²) in [5.74, 6) is 0.220. The second kappa shape index (κ2) is 11.0. The van der Waals surface area contributed by atoms with E-state index in [0.717, 1.165) is 20.5 Å². The number of carbonyl (C=O) groups excluding carboxylic acids is 1. The minimum atomic E-state index is -0.582. The molecule has 5 rings (SSSR count). The molecule has 2 aromatic carbocycles. The lowest BCUT2D eigenvalue weighted by molar-refractivity contribution is -0.139. The van der Waals surface area contributed by atoms with E-state index in [1.165, 1.54) is 22.7 Å². The Morgan fingerprint density at radius 2 is 1.92 bits per heavy atom. The maximum atomic E-state index is 13.7. The average Bonchev–Trinajstić information content (AvgIpc) is 3.52. The third-order valence-electron chi connectivity index (χ3n) is 5.84. The Balaban J connectivity index is 1.56. The number of rotatable bonds is 7. The van der Waals surface area contributed by atoms with Crippen molar-refractivity contribution in [1.29, 1.82) is 0 Å². The van der Waals surface area contributed by atoms with Crippen molar-refractivity contribution in [2.45, 2.75) is 26.5 Å². The lowest BCUT2D eigenvalue weighted by Crippen LogP contribution is -2.39. The number of nitrogens with zero attached hydrogens (tertiary/aromatic N) is 2. The number of para-hydroxylation sites is 1. The van der Waals surface area contributed by atoms with Gasteiger partial charge in [0.05, 0.1) is 22.4 Å². The number of aromatic nitrogens is 1. The first kappa shape index (κ1) is 25.4. The van der Waals surface area contributed by atoms with Crippen LogP contribution in [0, 0.1) is 0 Å². The van der Waals surface area contributed by atoms with Crippen LogP contribution < -0.4 is 19.6 Å². The summed E-state index contributed by atoms with van der Waals surface area (Å²) >= 11 is 6.24. The molecular weight excluding hydrogens is 572 g/mol. The molecule has 4 aromatic rings. The molecule has 0 fully saturated rings. The van der Waals surface area contributed by atoms with Crippen LogP contribution in [0.15, 0.2) is 91.6 Å². The molecule has 0 aliphatic carbocycles. The number of allylic oxidation sites excluding steroid dienone is 1. The Kier molecular flexibility index (Phi) is 7.55. The van der Waals surface area contributed by atoms with Gasteiger partial charge >= 0.3 is 5.97 Å².